The van der Waals surface area contributed by atoms with E-state index in [2.05, 4.69) is 16.6 Å². The molecular weight excluding hydrogens is 158 g/mol. The van der Waals surface area contributed by atoms with Gasteiger partial charge in [-0.2, -0.15) is 0 Å². The van der Waals surface area contributed by atoms with Crippen LogP contribution in [-0.4, -0.2) is 32.8 Å². The highest BCUT2D eigenvalue weighted by Crippen LogP contribution is 1.80. The van der Waals surface area contributed by atoms with Gasteiger partial charge in [-0.05, 0) is 6.42 Å². The Morgan fingerprint density at radius 2 is 2.42 bits per heavy atom. The lowest BCUT2D eigenvalue weighted by Crippen LogP contribution is -2.28. The second-order valence-corrected chi connectivity index (χ2v) is 2.17. The van der Waals surface area contributed by atoms with E-state index in [0.29, 0.717) is 13.2 Å². The number of amides is 1. The van der Waals surface area contributed by atoms with Gasteiger partial charge < -0.3 is 14.8 Å². The van der Waals surface area contributed by atoms with Crippen molar-refractivity contribution in [2.45, 2.75) is 6.42 Å². The van der Waals surface area contributed by atoms with E-state index in [-0.39, 0.29) is 12.5 Å². The zero-order chi connectivity index (χ0) is 9.23. The number of carbonyl (C=O) groups is 1. The zero-order valence-corrected chi connectivity index (χ0v) is 7.34. The Labute approximate surface area is 72.5 Å². The molecular formula is C8H15NO3. The van der Waals surface area contributed by atoms with Crippen LogP contribution in [0.2, 0.25) is 0 Å². The van der Waals surface area contributed by atoms with E-state index in [4.69, 9.17) is 4.74 Å². The van der Waals surface area contributed by atoms with E-state index in [9.17, 15) is 4.79 Å². The minimum absolute atomic E-state index is 0.101. The SMILES string of the molecule is C=COCCCNC(=O)COC. The van der Waals surface area contributed by atoms with Gasteiger partial charge in [0.2, 0.25) is 5.91 Å². The van der Waals surface area contributed by atoms with Crippen molar-refractivity contribution in [3.8, 4) is 0 Å². The molecule has 0 aliphatic heterocycles. The van der Waals surface area contributed by atoms with Crippen molar-refractivity contribution in [2.75, 3.05) is 26.9 Å². The number of hydrogen-bond acceptors (Lipinski definition) is 3. The van der Waals surface area contributed by atoms with Gasteiger partial charge in [0.05, 0.1) is 12.9 Å². The summed E-state index contributed by atoms with van der Waals surface area (Å²) in [5, 5.41) is 2.66. The number of rotatable bonds is 7. The lowest BCUT2D eigenvalue weighted by molar-refractivity contribution is -0.124. The summed E-state index contributed by atoms with van der Waals surface area (Å²) in [5.74, 6) is -0.101. The minimum Gasteiger partial charge on any atom is -0.502 e. The van der Waals surface area contributed by atoms with Crippen LogP contribution in [0.25, 0.3) is 0 Å². The summed E-state index contributed by atoms with van der Waals surface area (Å²) in [6.45, 7) is 4.69. The summed E-state index contributed by atoms with van der Waals surface area (Å²) in [6.07, 6.45) is 2.17. The van der Waals surface area contributed by atoms with E-state index in [1.54, 1.807) is 0 Å². The Morgan fingerprint density at radius 1 is 1.67 bits per heavy atom. The van der Waals surface area contributed by atoms with Gasteiger partial charge in [0, 0.05) is 13.7 Å². The molecule has 4 nitrogen and oxygen atoms in total. The monoisotopic (exact) mass is 173 g/mol. The van der Waals surface area contributed by atoms with E-state index in [1.807, 2.05) is 0 Å². The van der Waals surface area contributed by atoms with Crippen molar-refractivity contribution in [2.24, 2.45) is 0 Å². The molecule has 0 radical (unpaired) electrons. The molecule has 0 aromatic rings. The lowest BCUT2D eigenvalue weighted by Gasteiger charge is -2.03. The average Bonchev–Trinajstić information content (AvgIpc) is 2.05. The predicted octanol–water partition coefficient (Wildman–Crippen LogP) is 0.299. The Bertz CT molecular complexity index is 136. The molecule has 0 atom stereocenters. The van der Waals surface area contributed by atoms with Crippen LogP contribution in [0.3, 0.4) is 0 Å². The quantitative estimate of drug-likeness (QED) is 0.445. The van der Waals surface area contributed by atoms with Gasteiger partial charge in [-0.15, -0.1) is 0 Å². The van der Waals surface area contributed by atoms with Crippen molar-refractivity contribution in [1.82, 2.24) is 5.32 Å². The molecule has 0 unspecified atom stereocenters. The molecule has 0 rings (SSSR count). The summed E-state index contributed by atoms with van der Waals surface area (Å²) >= 11 is 0. The first-order chi connectivity index (χ1) is 5.81. The maximum atomic E-state index is 10.8. The van der Waals surface area contributed by atoms with Crippen molar-refractivity contribution >= 4 is 5.91 Å². The van der Waals surface area contributed by atoms with Crippen molar-refractivity contribution in [1.29, 1.82) is 0 Å². The molecule has 0 bridgehead atoms. The Kier molecular flexibility index (Phi) is 7.38. The number of methoxy groups -OCH3 is 1. The highest BCUT2D eigenvalue weighted by Gasteiger charge is 1.96. The van der Waals surface area contributed by atoms with Crippen LogP contribution >= 0.6 is 0 Å². The summed E-state index contributed by atoms with van der Waals surface area (Å²) < 4.78 is 9.48. The third kappa shape index (κ3) is 7.08. The second-order valence-electron chi connectivity index (χ2n) is 2.17. The highest BCUT2D eigenvalue weighted by molar-refractivity contribution is 5.77. The van der Waals surface area contributed by atoms with Gasteiger partial charge in [0.25, 0.3) is 0 Å². The van der Waals surface area contributed by atoms with Crippen LogP contribution in [0, 0.1) is 0 Å². The van der Waals surface area contributed by atoms with Gasteiger partial charge >= 0.3 is 0 Å². The normalized spacial score (nSPS) is 9.08. The van der Waals surface area contributed by atoms with Gasteiger partial charge in [0.1, 0.15) is 6.61 Å². The molecule has 4 heteroatoms. The van der Waals surface area contributed by atoms with Crippen LogP contribution in [0.4, 0.5) is 0 Å². The van der Waals surface area contributed by atoms with Crippen molar-refractivity contribution < 1.29 is 14.3 Å². The summed E-state index contributed by atoms with van der Waals surface area (Å²) in [5.41, 5.74) is 0. The maximum Gasteiger partial charge on any atom is 0.245 e. The molecule has 0 aliphatic rings. The average molecular weight is 173 g/mol. The fraction of sp³-hybridized carbons (Fsp3) is 0.625. The van der Waals surface area contributed by atoms with Gasteiger partial charge in [-0.3, -0.25) is 4.79 Å². The zero-order valence-electron chi connectivity index (χ0n) is 7.34. The molecule has 0 spiro atoms. The number of carbonyl (C=O) groups excluding carboxylic acids is 1. The second kappa shape index (κ2) is 8.07. The molecule has 0 aliphatic carbocycles. The van der Waals surface area contributed by atoms with Crippen LogP contribution in [0.15, 0.2) is 12.8 Å². The molecule has 1 amide bonds. The van der Waals surface area contributed by atoms with E-state index in [0.717, 1.165) is 6.42 Å². The predicted molar refractivity (Wildman–Crippen MR) is 45.7 cm³/mol. The van der Waals surface area contributed by atoms with Gasteiger partial charge in [-0.25, -0.2) is 0 Å². The standard InChI is InChI=1S/C8H15NO3/c1-3-12-6-4-5-9-8(10)7-11-2/h3H,1,4-7H2,2H3,(H,9,10). The molecule has 70 valence electrons. The van der Waals surface area contributed by atoms with Crippen LogP contribution in [0.5, 0.6) is 0 Å². The largest absolute Gasteiger partial charge is 0.502 e. The molecule has 0 saturated heterocycles. The molecule has 0 aromatic heterocycles. The van der Waals surface area contributed by atoms with Gasteiger partial charge in [0.15, 0.2) is 0 Å². The summed E-state index contributed by atoms with van der Waals surface area (Å²) in [4.78, 5) is 10.8. The van der Waals surface area contributed by atoms with Crippen molar-refractivity contribution in [3.63, 3.8) is 0 Å². The fourth-order valence-corrected chi connectivity index (χ4v) is 0.649. The third-order valence-electron chi connectivity index (χ3n) is 1.15. The van der Waals surface area contributed by atoms with Crippen LogP contribution in [-0.2, 0) is 14.3 Å². The Balaban J connectivity index is 3.08. The molecule has 0 heterocycles. The maximum absolute atomic E-state index is 10.8. The van der Waals surface area contributed by atoms with Crippen molar-refractivity contribution in [3.05, 3.63) is 12.8 Å². The Morgan fingerprint density at radius 3 is 3.00 bits per heavy atom. The third-order valence-corrected chi connectivity index (χ3v) is 1.15. The summed E-state index contributed by atoms with van der Waals surface area (Å²) in [7, 11) is 1.49. The minimum atomic E-state index is -0.101. The van der Waals surface area contributed by atoms with Crippen LogP contribution < -0.4 is 5.32 Å². The van der Waals surface area contributed by atoms with Crippen LogP contribution in [0.1, 0.15) is 6.42 Å². The van der Waals surface area contributed by atoms with E-state index >= 15 is 0 Å². The molecule has 0 aromatic carbocycles. The highest BCUT2D eigenvalue weighted by atomic mass is 16.5. The number of ether oxygens (including phenoxy) is 2. The fourth-order valence-electron chi connectivity index (χ4n) is 0.649. The number of hydrogen-bond donors (Lipinski definition) is 1. The topological polar surface area (TPSA) is 47.6 Å². The first-order valence-electron chi connectivity index (χ1n) is 3.79. The smallest absolute Gasteiger partial charge is 0.245 e. The van der Waals surface area contributed by atoms with Gasteiger partial charge in [-0.1, -0.05) is 6.58 Å². The number of nitrogens with one attached hydrogen (secondary N) is 1. The first-order valence-corrected chi connectivity index (χ1v) is 3.79. The Hall–Kier alpha value is -1.03. The summed E-state index contributed by atoms with van der Waals surface area (Å²) in [6, 6.07) is 0. The molecule has 0 saturated carbocycles. The lowest BCUT2D eigenvalue weighted by atomic mass is 10.4. The first kappa shape index (κ1) is 11.0. The van der Waals surface area contributed by atoms with E-state index < -0.39 is 0 Å². The molecule has 12 heavy (non-hydrogen) atoms. The molecule has 0 fully saturated rings. The van der Waals surface area contributed by atoms with E-state index in [1.165, 1.54) is 13.4 Å². The molecule has 1 N–H and O–H groups in total.